The maximum Gasteiger partial charge on any atom is 0.241 e. The van der Waals surface area contributed by atoms with E-state index in [1.807, 2.05) is 6.92 Å². The average molecular weight is 419 g/mol. The molecule has 5 nitrogen and oxygen atoms in total. The zero-order chi connectivity index (χ0) is 21.2. The van der Waals surface area contributed by atoms with Crippen molar-refractivity contribution in [2.75, 3.05) is 31.5 Å². The number of amides is 1. The number of aryl methyl sites for hydroxylation is 1. The standard InChI is InChI=1S/C22H31FN4OS/c1-15-6-7-17(12-19(15)23)24-20(28)16(2)27-10-8-26(9-11-27)13-18-14-29-21(25-18)22(3,4)5/h6-7,12,14,16H,8-11,13H2,1-5H3,(H,24,28)/t16-/m0/s1. The van der Waals surface area contributed by atoms with Crippen LogP contribution in [-0.2, 0) is 16.8 Å². The third-order valence-corrected chi connectivity index (χ3v) is 6.67. The van der Waals surface area contributed by atoms with Crippen molar-refractivity contribution in [3.8, 4) is 0 Å². The Morgan fingerprint density at radius 3 is 2.55 bits per heavy atom. The monoisotopic (exact) mass is 418 g/mol. The molecule has 0 bridgehead atoms. The second-order valence-corrected chi connectivity index (χ2v) is 9.69. The smallest absolute Gasteiger partial charge is 0.241 e. The second-order valence-electron chi connectivity index (χ2n) is 8.84. The predicted octanol–water partition coefficient (Wildman–Crippen LogP) is 4.03. The van der Waals surface area contributed by atoms with Crippen LogP contribution < -0.4 is 5.32 Å². The van der Waals surface area contributed by atoms with Gasteiger partial charge in [0.1, 0.15) is 5.82 Å². The van der Waals surface area contributed by atoms with Gasteiger partial charge in [-0.05, 0) is 31.5 Å². The summed E-state index contributed by atoms with van der Waals surface area (Å²) in [6, 6.07) is 4.53. The van der Waals surface area contributed by atoms with Crippen LogP contribution in [0.1, 0.15) is 44.0 Å². The van der Waals surface area contributed by atoms with Gasteiger partial charge in [0.15, 0.2) is 0 Å². The van der Waals surface area contributed by atoms with Crippen LogP contribution in [0.25, 0.3) is 0 Å². The highest BCUT2D eigenvalue weighted by atomic mass is 32.1. The Morgan fingerprint density at radius 1 is 1.28 bits per heavy atom. The Kier molecular flexibility index (Phi) is 6.71. The topological polar surface area (TPSA) is 48.5 Å². The number of aromatic nitrogens is 1. The van der Waals surface area contributed by atoms with E-state index in [1.54, 1.807) is 30.4 Å². The Bertz CT molecular complexity index is 853. The number of halogens is 1. The normalized spacial score (nSPS) is 17.3. The lowest BCUT2D eigenvalue weighted by atomic mass is 9.98. The van der Waals surface area contributed by atoms with Crippen LogP contribution in [0, 0.1) is 12.7 Å². The Labute approximate surface area is 176 Å². The molecule has 0 unspecified atom stereocenters. The fourth-order valence-corrected chi connectivity index (χ4v) is 4.24. The molecule has 1 aliphatic heterocycles. The van der Waals surface area contributed by atoms with Gasteiger partial charge in [-0.1, -0.05) is 26.8 Å². The quantitative estimate of drug-likeness (QED) is 0.796. The van der Waals surface area contributed by atoms with E-state index in [2.05, 4.69) is 41.3 Å². The van der Waals surface area contributed by atoms with Gasteiger partial charge in [0, 0.05) is 49.2 Å². The Balaban J connectivity index is 1.49. The van der Waals surface area contributed by atoms with E-state index in [0.29, 0.717) is 11.3 Å². The molecule has 1 aromatic carbocycles. The molecular weight excluding hydrogens is 387 g/mol. The van der Waals surface area contributed by atoms with E-state index >= 15 is 0 Å². The van der Waals surface area contributed by atoms with Crippen LogP contribution in [-0.4, -0.2) is 52.9 Å². The maximum absolute atomic E-state index is 13.7. The van der Waals surface area contributed by atoms with E-state index in [4.69, 9.17) is 4.98 Å². The summed E-state index contributed by atoms with van der Waals surface area (Å²) in [7, 11) is 0. The van der Waals surface area contributed by atoms with Crippen molar-refractivity contribution < 1.29 is 9.18 Å². The van der Waals surface area contributed by atoms with Gasteiger partial charge < -0.3 is 5.32 Å². The van der Waals surface area contributed by atoms with Crippen molar-refractivity contribution in [3.63, 3.8) is 0 Å². The molecule has 7 heteroatoms. The van der Waals surface area contributed by atoms with E-state index < -0.39 is 0 Å². The van der Waals surface area contributed by atoms with Crippen LogP contribution in [0.2, 0.25) is 0 Å². The van der Waals surface area contributed by atoms with Gasteiger partial charge in [-0.3, -0.25) is 14.6 Å². The van der Waals surface area contributed by atoms with Gasteiger partial charge in [-0.2, -0.15) is 0 Å². The predicted molar refractivity (Wildman–Crippen MR) is 117 cm³/mol. The Morgan fingerprint density at radius 2 is 1.97 bits per heavy atom. The SMILES string of the molecule is Cc1ccc(NC(=O)[C@H](C)N2CCN(Cc3csc(C(C)(C)C)n3)CC2)cc1F. The first-order valence-corrected chi connectivity index (χ1v) is 11.0. The van der Waals surface area contributed by atoms with Crippen molar-refractivity contribution in [1.82, 2.24) is 14.8 Å². The molecule has 0 radical (unpaired) electrons. The Hall–Kier alpha value is -1.83. The molecule has 1 amide bonds. The van der Waals surface area contributed by atoms with Gasteiger partial charge >= 0.3 is 0 Å². The third-order valence-electron chi connectivity index (χ3n) is 5.35. The van der Waals surface area contributed by atoms with Crippen LogP contribution in [0.4, 0.5) is 10.1 Å². The first kappa shape index (κ1) is 21.9. The summed E-state index contributed by atoms with van der Waals surface area (Å²) in [5.41, 5.74) is 2.29. The number of rotatable bonds is 5. The van der Waals surface area contributed by atoms with Crippen LogP contribution >= 0.6 is 11.3 Å². The highest BCUT2D eigenvalue weighted by Crippen LogP contribution is 2.26. The van der Waals surface area contributed by atoms with E-state index in [-0.39, 0.29) is 23.2 Å². The molecule has 0 aliphatic carbocycles. The minimum atomic E-state index is -0.305. The lowest BCUT2D eigenvalue weighted by Crippen LogP contribution is -2.52. The summed E-state index contributed by atoms with van der Waals surface area (Å²) in [6.07, 6.45) is 0. The van der Waals surface area contributed by atoms with E-state index in [0.717, 1.165) is 38.4 Å². The summed E-state index contributed by atoms with van der Waals surface area (Å²) in [6.45, 7) is 14.5. The second kappa shape index (κ2) is 8.90. The molecule has 158 valence electrons. The summed E-state index contributed by atoms with van der Waals surface area (Å²) in [5.74, 6) is -0.406. The number of nitrogens with one attached hydrogen (secondary N) is 1. The molecule has 3 rings (SSSR count). The molecule has 1 aliphatic rings. The molecule has 0 spiro atoms. The minimum absolute atomic E-state index is 0.0881. The van der Waals surface area contributed by atoms with Crippen molar-refractivity contribution in [2.24, 2.45) is 0 Å². The first-order chi connectivity index (χ1) is 13.6. The van der Waals surface area contributed by atoms with Gasteiger partial charge in [0.25, 0.3) is 0 Å². The zero-order valence-corrected chi connectivity index (χ0v) is 18.8. The average Bonchev–Trinajstić information content (AvgIpc) is 3.14. The number of anilines is 1. The maximum atomic E-state index is 13.7. The molecule has 29 heavy (non-hydrogen) atoms. The summed E-state index contributed by atoms with van der Waals surface area (Å²) < 4.78 is 13.7. The summed E-state index contributed by atoms with van der Waals surface area (Å²) in [5, 5.41) is 6.16. The number of carbonyl (C=O) groups is 1. The van der Waals surface area contributed by atoms with Crippen molar-refractivity contribution in [2.45, 2.75) is 52.6 Å². The molecular formula is C22H31FN4OS. The van der Waals surface area contributed by atoms with Crippen molar-refractivity contribution in [1.29, 1.82) is 0 Å². The molecule has 1 saturated heterocycles. The molecule has 1 fully saturated rings. The molecule has 1 atom stereocenters. The molecule has 2 aromatic rings. The number of nitrogens with zero attached hydrogens (tertiary/aromatic N) is 3. The van der Waals surface area contributed by atoms with E-state index in [9.17, 15) is 9.18 Å². The number of hydrogen-bond donors (Lipinski definition) is 1. The third kappa shape index (κ3) is 5.62. The van der Waals surface area contributed by atoms with Gasteiger partial charge in [-0.15, -0.1) is 11.3 Å². The summed E-state index contributed by atoms with van der Waals surface area (Å²) in [4.78, 5) is 21.9. The molecule has 1 aromatic heterocycles. The first-order valence-electron chi connectivity index (χ1n) is 10.1. The molecule has 2 heterocycles. The van der Waals surface area contributed by atoms with Crippen molar-refractivity contribution in [3.05, 3.63) is 45.7 Å². The van der Waals surface area contributed by atoms with Crippen molar-refractivity contribution >= 4 is 22.9 Å². The highest BCUT2D eigenvalue weighted by molar-refractivity contribution is 7.09. The number of thiazole rings is 1. The number of hydrogen-bond acceptors (Lipinski definition) is 5. The molecule has 1 N–H and O–H groups in total. The number of carbonyl (C=O) groups excluding carboxylic acids is 1. The largest absolute Gasteiger partial charge is 0.325 e. The number of piperazine rings is 1. The van der Waals surface area contributed by atoms with Crippen LogP contribution in [0.5, 0.6) is 0 Å². The van der Waals surface area contributed by atoms with Gasteiger partial charge in [0.2, 0.25) is 5.91 Å². The molecule has 0 saturated carbocycles. The highest BCUT2D eigenvalue weighted by Gasteiger charge is 2.26. The van der Waals surface area contributed by atoms with Crippen LogP contribution in [0.3, 0.4) is 0 Å². The van der Waals surface area contributed by atoms with Crippen LogP contribution in [0.15, 0.2) is 23.6 Å². The zero-order valence-electron chi connectivity index (χ0n) is 18.0. The van der Waals surface area contributed by atoms with Gasteiger partial charge in [0.05, 0.1) is 16.7 Å². The fraction of sp³-hybridized carbons (Fsp3) is 0.545. The number of benzene rings is 1. The minimum Gasteiger partial charge on any atom is -0.325 e. The summed E-state index contributed by atoms with van der Waals surface area (Å²) >= 11 is 1.73. The fourth-order valence-electron chi connectivity index (χ4n) is 3.35. The van der Waals surface area contributed by atoms with E-state index in [1.165, 1.54) is 11.1 Å². The lowest BCUT2D eigenvalue weighted by Gasteiger charge is -2.37. The van der Waals surface area contributed by atoms with Gasteiger partial charge in [-0.25, -0.2) is 9.37 Å². The lowest BCUT2D eigenvalue weighted by molar-refractivity contribution is -0.121.